The van der Waals surface area contributed by atoms with Gasteiger partial charge in [-0.05, 0) is 151 Å². The van der Waals surface area contributed by atoms with E-state index in [0.29, 0.717) is 17.4 Å². The zero-order valence-electron chi connectivity index (χ0n) is 39.9. The topological polar surface area (TPSA) is 68.3 Å². The van der Waals surface area contributed by atoms with Crippen molar-refractivity contribution in [3.05, 3.63) is 262 Å². The first-order valence-corrected chi connectivity index (χ1v) is 23.1. The van der Waals surface area contributed by atoms with Crippen molar-refractivity contribution >= 4 is 62.6 Å². The van der Waals surface area contributed by atoms with Gasteiger partial charge in [-0.15, -0.1) is 6.07 Å². The third-order valence-electron chi connectivity index (χ3n) is 12.4. The predicted octanol–water partition coefficient (Wildman–Crippen LogP) is 15.8. The van der Waals surface area contributed by atoms with Gasteiger partial charge in [-0.1, -0.05) is 109 Å². The van der Waals surface area contributed by atoms with Crippen LogP contribution < -0.4 is 34.5 Å². The van der Waals surface area contributed by atoms with Crippen LogP contribution in [0, 0.1) is 50.5 Å². The van der Waals surface area contributed by atoms with Crippen LogP contribution in [0.15, 0.2) is 248 Å². The Kier molecular flexibility index (Phi) is 15.8. The number of anilines is 11. The van der Waals surface area contributed by atoms with Gasteiger partial charge in [-0.25, -0.2) is 5.75 Å². The van der Waals surface area contributed by atoms with Gasteiger partial charge < -0.3 is 42.0 Å². The normalized spacial score (nSPS) is 12.6. The maximum Gasteiger partial charge on any atom is 2.00 e. The van der Waals surface area contributed by atoms with Gasteiger partial charge in [0.2, 0.25) is 0 Å². The van der Waals surface area contributed by atoms with E-state index in [1.54, 1.807) is 24.3 Å². The van der Waals surface area contributed by atoms with Crippen LogP contribution in [0.1, 0.15) is 13.3 Å². The second-order valence-electron chi connectivity index (χ2n) is 16.9. The van der Waals surface area contributed by atoms with Crippen LogP contribution in [-0.4, -0.2) is 7.11 Å². The molecule has 0 N–H and O–H groups in total. The number of hydrogen-bond donors (Lipinski definition) is 0. The number of hydrogen-bond acceptors (Lipinski definition) is 7. The average molecular weight is 1150 g/mol. The summed E-state index contributed by atoms with van der Waals surface area (Å²) in [6.45, 7) is 2.26. The van der Waals surface area contributed by atoms with Gasteiger partial charge in [-0.3, -0.25) is 0 Å². The largest absolute Gasteiger partial charge is 2.00 e. The molecule has 0 aliphatic heterocycles. The Labute approximate surface area is 441 Å². The molecule has 1 aliphatic rings. The molecule has 0 fully saturated rings. The predicted molar refractivity (Wildman–Crippen MR) is 286 cm³/mol. The molecular formula is C63H52N4O3U-2. The zero-order valence-corrected chi connectivity index (χ0v) is 44.1. The molecule has 0 heterocycles. The molecule has 0 aromatic heterocycles. The molecule has 1 unspecified atom stereocenters. The van der Waals surface area contributed by atoms with E-state index >= 15 is 0 Å². The molecule has 348 valence electrons. The van der Waals surface area contributed by atoms with Crippen LogP contribution in [0.25, 0.3) is 11.1 Å². The number of nitrogens with zero attached hydrogens (tertiary/aromatic N) is 4. The maximum atomic E-state index is 13.2. The van der Waals surface area contributed by atoms with Gasteiger partial charge in [0.25, 0.3) is 0 Å². The number of para-hydroxylation sites is 3. The smallest absolute Gasteiger partial charge is 0.891 e. The van der Waals surface area contributed by atoms with Crippen molar-refractivity contribution in [2.75, 3.05) is 26.7 Å². The minimum absolute atomic E-state index is 0. The summed E-state index contributed by atoms with van der Waals surface area (Å²) in [6, 6.07) is 78.0. The van der Waals surface area contributed by atoms with E-state index in [1.165, 1.54) is 12.8 Å². The summed E-state index contributed by atoms with van der Waals surface area (Å²) in [5.74, 6) is 0.265. The van der Waals surface area contributed by atoms with Gasteiger partial charge in [0, 0.05) is 68.5 Å². The van der Waals surface area contributed by atoms with Gasteiger partial charge in [-0.2, -0.15) is 18.2 Å². The van der Waals surface area contributed by atoms with E-state index in [1.807, 2.05) is 54.6 Å². The Morgan fingerprint density at radius 2 is 0.817 bits per heavy atom. The number of methoxy groups -OCH3 is 1. The number of allylic oxidation sites excluding steroid dienone is 4. The third-order valence-corrected chi connectivity index (χ3v) is 12.4. The SMILES string of the molecule is COc1ccc(N(c2ccc(-c3ccc(N(c4ccc(N(C5=CC=CCC5C)c5ccccc5)cc4)c4cc[c-]c([O-])c4)cc3)cc2)c2ccc(N(c3ccccc3)c3ccccc3)cc2)cc1[O-].[CH3-].[U+2]. The number of rotatable bonds is 14. The van der Waals surface area contributed by atoms with Crippen molar-refractivity contribution in [1.29, 1.82) is 0 Å². The Balaban J connectivity index is 0.00000338. The molecule has 0 saturated carbocycles. The third kappa shape index (κ3) is 10.8. The summed E-state index contributed by atoms with van der Waals surface area (Å²) in [5, 5.41) is 25.9. The van der Waals surface area contributed by atoms with Gasteiger partial charge in [0.1, 0.15) is 5.75 Å². The monoisotopic (exact) mass is 1150 g/mol. The molecule has 0 amide bonds. The quantitative estimate of drug-likeness (QED) is 0.101. The molecule has 0 spiro atoms. The van der Waals surface area contributed by atoms with Crippen LogP contribution in [-0.2, 0) is 0 Å². The first-order valence-electron chi connectivity index (χ1n) is 23.1. The zero-order chi connectivity index (χ0) is 47.1. The van der Waals surface area contributed by atoms with Crippen LogP contribution >= 0.6 is 0 Å². The summed E-state index contributed by atoms with van der Waals surface area (Å²) < 4.78 is 5.35. The van der Waals surface area contributed by atoms with Crippen molar-refractivity contribution in [2.24, 2.45) is 5.92 Å². The van der Waals surface area contributed by atoms with Crippen molar-refractivity contribution in [3.8, 4) is 28.4 Å². The summed E-state index contributed by atoms with van der Waals surface area (Å²) >= 11 is 0. The van der Waals surface area contributed by atoms with Gasteiger partial charge >= 0.3 is 31.1 Å². The summed E-state index contributed by atoms with van der Waals surface area (Å²) in [4.78, 5) is 8.74. The van der Waals surface area contributed by atoms with E-state index in [2.05, 4.69) is 196 Å². The summed E-state index contributed by atoms with van der Waals surface area (Å²) in [6.07, 6.45) is 7.55. The van der Waals surface area contributed by atoms with E-state index in [-0.39, 0.29) is 50.0 Å². The molecule has 7 nitrogen and oxygen atoms in total. The Morgan fingerprint density at radius 3 is 1.23 bits per heavy atom. The van der Waals surface area contributed by atoms with Crippen LogP contribution in [0.4, 0.5) is 62.6 Å². The summed E-state index contributed by atoms with van der Waals surface area (Å²) in [5.41, 5.74) is 13.6. The van der Waals surface area contributed by atoms with E-state index in [9.17, 15) is 10.2 Å². The molecule has 10 rings (SSSR count). The number of benzene rings is 9. The number of ether oxygens (including phenoxy) is 1. The summed E-state index contributed by atoms with van der Waals surface area (Å²) in [7, 11) is 1.51. The molecular weight excluding hydrogens is 1100 g/mol. The fourth-order valence-electron chi connectivity index (χ4n) is 9.03. The van der Waals surface area contributed by atoms with Crippen molar-refractivity contribution < 1.29 is 46.1 Å². The van der Waals surface area contributed by atoms with Gasteiger partial charge in [0.05, 0.1) is 7.11 Å². The second kappa shape index (κ2) is 22.7. The van der Waals surface area contributed by atoms with Crippen LogP contribution in [0.5, 0.6) is 17.2 Å². The first-order chi connectivity index (χ1) is 33.9. The molecule has 71 heavy (non-hydrogen) atoms. The fourth-order valence-corrected chi connectivity index (χ4v) is 9.03. The minimum atomic E-state index is -0.198. The molecule has 0 saturated heterocycles. The molecule has 9 aromatic rings. The molecule has 1 aliphatic carbocycles. The molecule has 9 aromatic carbocycles. The van der Waals surface area contributed by atoms with Gasteiger partial charge in [0.15, 0.2) is 0 Å². The Morgan fingerprint density at radius 1 is 0.451 bits per heavy atom. The van der Waals surface area contributed by atoms with Crippen LogP contribution in [0.3, 0.4) is 0 Å². The van der Waals surface area contributed by atoms with Crippen molar-refractivity contribution in [2.45, 2.75) is 13.3 Å². The average Bonchev–Trinajstić information content (AvgIpc) is 3.40. The Hall–Kier alpha value is -7.89. The maximum absolute atomic E-state index is 13.2. The molecule has 1 atom stereocenters. The van der Waals surface area contributed by atoms with Crippen LogP contribution in [0.2, 0.25) is 0 Å². The second-order valence-corrected chi connectivity index (χ2v) is 16.9. The fraction of sp³-hybridized carbons (Fsp3) is 0.0635. The first kappa shape index (κ1) is 49.5. The van der Waals surface area contributed by atoms with Crippen molar-refractivity contribution in [3.63, 3.8) is 0 Å². The van der Waals surface area contributed by atoms with E-state index < -0.39 is 0 Å². The van der Waals surface area contributed by atoms with E-state index in [0.717, 1.165) is 74.4 Å². The standard InChI is InChI=1S/C62H51N4O3.CH3.U/c1-45-15-12-13-24-60(45)66(50-20-10-5-11-21-50)56-39-37-54(38-40-56)64(57-22-14-23-59(67)43-57)51-29-25-46(26-30-51)47-27-31-52(32-28-47)65(58-41-42-62(69-2)61(68)44-58)55-35-33-53(34-36-55)63(48-16-6-3-7-17-48)49-18-8-4-9-19-49;;/h3-14,16-22,24-45,67-68H,15H2,1-2H3;1H3;/q2*-1;+2/p-2. The molecule has 0 radical (unpaired) electrons. The molecule has 8 heteroatoms. The minimum Gasteiger partial charge on any atom is -0.891 e. The van der Waals surface area contributed by atoms with Crippen molar-refractivity contribution in [1.82, 2.24) is 0 Å². The van der Waals surface area contributed by atoms with E-state index in [4.69, 9.17) is 4.74 Å². The molecule has 0 bridgehead atoms. The Bertz CT molecular complexity index is 3160.